The van der Waals surface area contributed by atoms with Crippen LogP contribution >= 0.6 is 7.82 Å². The van der Waals surface area contributed by atoms with Gasteiger partial charge in [-0.2, -0.15) is 0 Å². The van der Waals surface area contributed by atoms with E-state index < -0.39 is 57.8 Å². The zero-order valence-electron chi connectivity index (χ0n) is 50.0. The second-order valence-electron chi connectivity index (χ2n) is 19.7. The molecule has 0 heterocycles. The number of carbonyl (C=O) groups is 3. The molecule has 452 valence electrons. The van der Waals surface area contributed by atoms with Gasteiger partial charge in [-0.3, -0.25) is 23.4 Å². The lowest BCUT2D eigenvalue weighted by Gasteiger charge is -2.21. The van der Waals surface area contributed by atoms with Crippen LogP contribution in [0.4, 0.5) is 0 Å². The zero-order valence-corrected chi connectivity index (χ0v) is 50.9. The first-order valence-corrected chi connectivity index (χ1v) is 32.2. The van der Waals surface area contributed by atoms with Crippen LogP contribution in [0.25, 0.3) is 0 Å². The summed E-state index contributed by atoms with van der Waals surface area (Å²) in [6.45, 7) is 4.29. The van der Waals surface area contributed by atoms with Crippen molar-refractivity contribution < 1.29 is 52.2 Å². The standard InChI is InChI=1S/C68H109O11P/c1-4-7-10-13-16-19-22-25-28-30-32-34-37-40-43-46-49-52-55-58-67(71)78-64(60-69)62-76-80(73,74)77-63-65(61-75-66(70)57-54-51-48-45-42-39-36-27-24-21-18-15-12-9-6-3)79-68(72)59-56-53-50-47-44-41-38-35-33-31-29-26-23-20-17-14-11-8-5-2/h7-8,10-11,16-21,25-29,32-36,40-41,43-44,64-65,69H,4-6,9,12-15,22-24,30-31,37-39,42,45-63H2,1-3H3,(H,73,74)/b10-7-,11-8-,19-16-,20-17-,21-18-,28-25-,29-26-,34-32-,35-33-,36-27-,43-40-,44-41-. The van der Waals surface area contributed by atoms with E-state index in [2.05, 4.69) is 167 Å². The van der Waals surface area contributed by atoms with Crippen molar-refractivity contribution in [2.24, 2.45) is 0 Å². The number of aliphatic hydroxyl groups is 1. The van der Waals surface area contributed by atoms with E-state index in [4.69, 9.17) is 23.3 Å². The van der Waals surface area contributed by atoms with Gasteiger partial charge in [-0.25, -0.2) is 4.57 Å². The second kappa shape index (κ2) is 60.5. The summed E-state index contributed by atoms with van der Waals surface area (Å²) in [6, 6.07) is 0. The molecule has 2 N–H and O–H groups in total. The van der Waals surface area contributed by atoms with Crippen LogP contribution in [0.15, 0.2) is 146 Å². The Kier molecular flexibility index (Phi) is 56.9. The summed E-state index contributed by atoms with van der Waals surface area (Å²) >= 11 is 0. The second-order valence-corrected chi connectivity index (χ2v) is 21.2. The summed E-state index contributed by atoms with van der Waals surface area (Å²) in [7, 11) is -4.79. The monoisotopic (exact) mass is 1130 g/mol. The quantitative estimate of drug-likeness (QED) is 0.0197. The number of rotatable bonds is 55. The SMILES string of the molecule is CC/C=C\C/C=C\C/C=C\C/C=C\C/C=C\CCCCCC(=O)OC(CO)COP(=O)(O)OCC(COC(=O)CCCCCCC/C=C\C/C=C\CCCCC)OC(=O)CCCCC/C=C\C/C=C\C/C=C\C/C=C\C/C=C\CC. The van der Waals surface area contributed by atoms with Crippen molar-refractivity contribution in [2.75, 3.05) is 26.4 Å². The summed E-state index contributed by atoms with van der Waals surface area (Å²) in [4.78, 5) is 48.7. The number of phosphoric ester groups is 1. The van der Waals surface area contributed by atoms with Crippen molar-refractivity contribution in [3.63, 3.8) is 0 Å². The summed E-state index contributed by atoms with van der Waals surface area (Å²) < 4.78 is 39.6. The first kappa shape index (κ1) is 75.4. The Morgan fingerprint density at radius 2 is 0.650 bits per heavy atom. The van der Waals surface area contributed by atoms with E-state index in [1.54, 1.807) is 0 Å². The van der Waals surface area contributed by atoms with Gasteiger partial charge < -0.3 is 24.2 Å². The van der Waals surface area contributed by atoms with Crippen molar-refractivity contribution in [3.8, 4) is 0 Å². The van der Waals surface area contributed by atoms with E-state index >= 15 is 0 Å². The highest BCUT2D eigenvalue weighted by molar-refractivity contribution is 7.47. The molecule has 0 aromatic carbocycles. The third-order valence-corrected chi connectivity index (χ3v) is 13.2. The number of allylic oxidation sites excluding steroid dienone is 24. The average Bonchev–Trinajstić information content (AvgIpc) is 3.45. The average molecular weight is 1130 g/mol. The lowest BCUT2D eigenvalue weighted by atomic mass is 10.1. The number of carbonyl (C=O) groups excluding carboxylic acids is 3. The van der Waals surface area contributed by atoms with Crippen molar-refractivity contribution >= 4 is 25.7 Å². The molecule has 0 fully saturated rings. The number of hydrogen-bond donors (Lipinski definition) is 2. The predicted octanol–water partition coefficient (Wildman–Crippen LogP) is 18.7. The molecule has 11 nitrogen and oxygen atoms in total. The summed E-state index contributed by atoms with van der Waals surface area (Å²) in [5.41, 5.74) is 0. The molecule has 0 aliphatic heterocycles. The molecule has 0 saturated heterocycles. The molecule has 80 heavy (non-hydrogen) atoms. The van der Waals surface area contributed by atoms with Crippen LogP contribution in [-0.4, -0.2) is 66.5 Å². The van der Waals surface area contributed by atoms with E-state index in [1.807, 2.05) is 0 Å². The Bertz CT molecular complexity index is 1900. The minimum Gasteiger partial charge on any atom is -0.462 e. The largest absolute Gasteiger partial charge is 0.472 e. The van der Waals surface area contributed by atoms with Crippen molar-refractivity contribution in [3.05, 3.63) is 146 Å². The highest BCUT2D eigenvalue weighted by Crippen LogP contribution is 2.43. The fourth-order valence-electron chi connectivity index (χ4n) is 7.61. The van der Waals surface area contributed by atoms with Crippen LogP contribution in [0.3, 0.4) is 0 Å². The molecule has 0 aliphatic rings. The van der Waals surface area contributed by atoms with Gasteiger partial charge in [0.15, 0.2) is 6.10 Å². The van der Waals surface area contributed by atoms with E-state index in [0.29, 0.717) is 19.3 Å². The number of phosphoric acid groups is 1. The Morgan fingerprint density at radius 1 is 0.362 bits per heavy atom. The first-order chi connectivity index (χ1) is 39.2. The number of unbranched alkanes of at least 4 members (excludes halogenated alkanes) is 14. The van der Waals surface area contributed by atoms with Gasteiger partial charge in [-0.15, -0.1) is 0 Å². The predicted molar refractivity (Wildman–Crippen MR) is 334 cm³/mol. The maximum atomic E-state index is 12.9. The number of hydrogen-bond acceptors (Lipinski definition) is 10. The minimum atomic E-state index is -4.79. The molecule has 0 rings (SSSR count). The number of ether oxygens (including phenoxy) is 3. The van der Waals surface area contributed by atoms with Crippen LogP contribution in [0.2, 0.25) is 0 Å². The van der Waals surface area contributed by atoms with Crippen LogP contribution in [-0.2, 0) is 42.2 Å². The fourth-order valence-corrected chi connectivity index (χ4v) is 8.40. The molecule has 3 atom stereocenters. The molecule has 0 aliphatic carbocycles. The van der Waals surface area contributed by atoms with Crippen molar-refractivity contribution in [1.82, 2.24) is 0 Å². The summed E-state index contributed by atoms with van der Waals surface area (Å²) in [6.07, 6.45) is 78.0. The maximum Gasteiger partial charge on any atom is 0.472 e. The Hall–Kier alpha value is -4.64. The van der Waals surface area contributed by atoms with Gasteiger partial charge in [0.1, 0.15) is 12.7 Å². The Morgan fingerprint density at radius 3 is 1.01 bits per heavy atom. The third-order valence-electron chi connectivity index (χ3n) is 12.2. The van der Waals surface area contributed by atoms with Crippen LogP contribution < -0.4 is 0 Å². The lowest BCUT2D eigenvalue weighted by Crippen LogP contribution is -2.30. The van der Waals surface area contributed by atoms with Gasteiger partial charge in [-0.1, -0.05) is 212 Å². The summed E-state index contributed by atoms with van der Waals surface area (Å²) in [5, 5.41) is 9.84. The third kappa shape index (κ3) is 58.0. The van der Waals surface area contributed by atoms with E-state index in [-0.39, 0.29) is 25.9 Å². The van der Waals surface area contributed by atoms with Crippen LogP contribution in [0.5, 0.6) is 0 Å². The van der Waals surface area contributed by atoms with E-state index in [1.165, 1.54) is 19.3 Å². The van der Waals surface area contributed by atoms with Crippen LogP contribution in [0.1, 0.15) is 226 Å². The first-order valence-electron chi connectivity index (χ1n) is 30.7. The van der Waals surface area contributed by atoms with Gasteiger partial charge in [0.05, 0.1) is 19.8 Å². The molecular formula is C68H109O11P. The Labute approximate surface area is 486 Å². The molecule has 0 amide bonds. The molecule has 0 spiro atoms. The molecule has 0 aromatic heterocycles. The van der Waals surface area contributed by atoms with Gasteiger partial charge in [0.2, 0.25) is 0 Å². The fraction of sp³-hybridized carbons (Fsp3) is 0.603. The number of aliphatic hydroxyl groups excluding tert-OH is 1. The lowest BCUT2D eigenvalue weighted by molar-refractivity contribution is -0.161. The van der Waals surface area contributed by atoms with Gasteiger partial charge in [0, 0.05) is 19.3 Å². The van der Waals surface area contributed by atoms with Gasteiger partial charge in [0.25, 0.3) is 0 Å². The molecule has 0 bridgehead atoms. The molecule has 0 saturated carbocycles. The van der Waals surface area contributed by atoms with Gasteiger partial charge in [-0.05, 0) is 141 Å². The molecule has 3 unspecified atom stereocenters. The normalized spacial score (nSPS) is 14.3. The van der Waals surface area contributed by atoms with Crippen molar-refractivity contribution in [2.45, 2.75) is 238 Å². The van der Waals surface area contributed by atoms with Gasteiger partial charge >= 0.3 is 25.7 Å². The number of esters is 3. The molecule has 0 aromatic rings. The highest BCUT2D eigenvalue weighted by Gasteiger charge is 2.28. The Balaban J connectivity index is 4.84. The molecule has 0 radical (unpaired) electrons. The smallest absolute Gasteiger partial charge is 0.462 e. The summed E-state index contributed by atoms with van der Waals surface area (Å²) in [5.74, 6) is -1.57. The topological polar surface area (TPSA) is 155 Å². The maximum absolute atomic E-state index is 12.9. The van der Waals surface area contributed by atoms with Crippen LogP contribution in [0, 0.1) is 0 Å². The molecule has 12 heteroatoms. The minimum absolute atomic E-state index is 0.114. The molecular weight excluding hydrogens is 1020 g/mol. The van der Waals surface area contributed by atoms with E-state index in [9.17, 15) is 28.9 Å². The van der Waals surface area contributed by atoms with E-state index in [0.717, 1.165) is 148 Å². The highest BCUT2D eigenvalue weighted by atomic mass is 31.2. The van der Waals surface area contributed by atoms with Crippen molar-refractivity contribution in [1.29, 1.82) is 0 Å². The zero-order chi connectivity index (χ0) is 58.3.